The lowest BCUT2D eigenvalue weighted by molar-refractivity contribution is 1.58. The lowest BCUT2D eigenvalue weighted by atomic mass is 9.85. The van der Waals surface area contributed by atoms with Crippen LogP contribution in [0.15, 0.2) is 194 Å². The maximum Gasteiger partial charge on any atom is 0.0630 e. The van der Waals surface area contributed by atoms with Crippen molar-refractivity contribution in [1.29, 1.82) is 0 Å². The van der Waals surface area contributed by atoms with Crippen LogP contribution in [0.4, 0.5) is 0 Å². The third-order valence-corrected chi connectivity index (χ3v) is 10.6. The zero-order valence-corrected chi connectivity index (χ0v) is 28.2. The Hall–Kier alpha value is -7.02. The molecule has 0 spiro atoms. The van der Waals surface area contributed by atoms with Crippen LogP contribution in [0.1, 0.15) is 23.3 Å². The number of fused-ring (bicyclic) bond motifs is 1. The minimum Gasteiger partial charge on any atom is -0.0622 e. The molecule has 0 bridgehead atoms. The van der Waals surface area contributed by atoms with Crippen molar-refractivity contribution < 1.29 is 23.3 Å². The molecule has 0 heteroatoms. The smallest absolute Gasteiger partial charge is 0.0622 e. The molecule has 0 nitrogen and oxygen atoms in total. The summed E-state index contributed by atoms with van der Waals surface area (Å²) in [4.78, 5) is 0. The Morgan fingerprint density at radius 3 is 1.54 bits per heavy atom. The molecule has 0 amide bonds. The molecule has 54 heavy (non-hydrogen) atoms. The lowest BCUT2D eigenvalue weighted by Crippen LogP contribution is -1.92. The fraction of sp³-hybridized carbons (Fsp3) is 0. The highest BCUT2D eigenvalue weighted by Crippen LogP contribution is 2.45. The summed E-state index contributed by atoms with van der Waals surface area (Å²) in [6, 6.07) is 20.4. The minimum atomic E-state index is -0.555. The summed E-state index contributed by atoms with van der Waals surface area (Å²) in [6.45, 7) is 0. The van der Waals surface area contributed by atoms with Gasteiger partial charge in [-0.25, -0.2) is 0 Å². The Kier molecular flexibility index (Phi) is 3.68. The van der Waals surface area contributed by atoms with Gasteiger partial charge < -0.3 is 0 Å². The molecule has 0 fully saturated rings. The zero-order valence-electron chi connectivity index (χ0n) is 45.2. The summed E-state index contributed by atoms with van der Waals surface area (Å²) in [5, 5.41) is 1.81. The molecule has 0 saturated carbocycles. The molecular formula is C54H32. The van der Waals surface area contributed by atoms with Gasteiger partial charge in [-0.1, -0.05) is 176 Å². The van der Waals surface area contributed by atoms with Crippen LogP contribution in [0.2, 0.25) is 0 Å². The molecule has 12 aromatic rings. The van der Waals surface area contributed by atoms with Crippen LogP contribution >= 0.6 is 0 Å². The standard InChI is InChI=1S/C54H32/c1-2-8-33(9-3-1)49-31-40(24-27-45(49)44-25-20-38-18-16-34-11-6-13-36-22-28-47(44)53(38)51(34)36)42-30-41-10-4-5-15-43(41)50(32-42)46-26-21-39-19-17-35-12-7-14-37-23-29-48(46)54(39)52(35)37/h1-32H/i6D,7D,11D,12D,13D,14D,16D,17D,18D,19D,20D,21D,22D,23D,25D,26D,28D. The fourth-order valence-corrected chi connectivity index (χ4v) is 8.10. The Morgan fingerprint density at radius 2 is 0.815 bits per heavy atom. The van der Waals surface area contributed by atoms with Crippen molar-refractivity contribution in [2.75, 3.05) is 0 Å². The normalized spacial score (nSPS) is 16.5. The first kappa shape index (κ1) is 17.7. The molecule has 0 unspecified atom stereocenters. The molecule has 0 N–H and O–H groups in total. The predicted molar refractivity (Wildman–Crippen MR) is 233 cm³/mol. The van der Waals surface area contributed by atoms with Gasteiger partial charge in [0.15, 0.2) is 0 Å². The molecule has 0 atom stereocenters. The highest BCUT2D eigenvalue weighted by Gasteiger charge is 2.18. The van der Waals surface area contributed by atoms with Crippen molar-refractivity contribution in [1.82, 2.24) is 0 Å². The van der Waals surface area contributed by atoms with Crippen LogP contribution < -0.4 is 0 Å². The van der Waals surface area contributed by atoms with Crippen LogP contribution in [-0.2, 0) is 0 Å². The third kappa shape index (κ3) is 4.26. The number of rotatable bonds is 4. The topological polar surface area (TPSA) is 0 Å². The quantitative estimate of drug-likeness (QED) is 0.161. The second-order valence-corrected chi connectivity index (χ2v) is 13.4. The Bertz CT molecular complexity index is 4390. The van der Waals surface area contributed by atoms with Gasteiger partial charge in [0.1, 0.15) is 0 Å². The first-order chi connectivity index (χ1) is 33.9. The largest absolute Gasteiger partial charge is 0.0630 e. The first-order valence-electron chi connectivity index (χ1n) is 26.0. The van der Waals surface area contributed by atoms with Crippen molar-refractivity contribution in [3.05, 3.63) is 194 Å². The molecule has 0 aliphatic heterocycles. The van der Waals surface area contributed by atoms with Crippen molar-refractivity contribution in [3.63, 3.8) is 0 Å². The molecule has 0 aliphatic carbocycles. The van der Waals surface area contributed by atoms with Crippen molar-refractivity contribution in [2.24, 2.45) is 0 Å². The third-order valence-electron chi connectivity index (χ3n) is 10.6. The Morgan fingerprint density at radius 1 is 0.259 bits per heavy atom. The second kappa shape index (κ2) is 11.2. The van der Waals surface area contributed by atoms with Crippen molar-refractivity contribution in [2.45, 2.75) is 0 Å². The molecule has 0 heterocycles. The maximum absolute atomic E-state index is 9.59. The van der Waals surface area contributed by atoms with E-state index in [1.54, 1.807) is 12.1 Å². The van der Waals surface area contributed by atoms with Gasteiger partial charge in [-0.15, -0.1) is 0 Å². The van der Waals surface area contributed by atoms with Crippen LogP contribution in [0.5, 0.6) is 0 Å². The van der Waals surface area contributed by atoms with E-state index < -0.39 is 72.5 Å². The lowest BCUT2D eigenvalue weighted by Gasteiger charge is -2.19. The Balaban J connectivity index is 1.18. The molecule has 248 valence electrons. The van der Waals surface area contributed by atoms with E-state index in [1.807, 2.05) is 72.8 Å². The van der Waals surface area contributed by atoms with E-state index in [4.69, 9.17) is 13.7 Å². The highest BCUT2D eigenvalue weighted by molar-refractivity contribution is 6.27. The summed E-state index contributed by atoms with van der Waals surface area (Å²) in [5.74, 6) is 0. The van der Waals surface area contributed by atoms with E-state index in [0.717, 1.165) is 5.39 Å². The van der Waals surface area contributed by atoms with Crippen LogP contribution in [-0.4, -0.2) is 0 Å². The summed E-state index contributed by atoms with van der Waals surface area (Å²) >= 11 is 0. The van der Waals surface area contributed by atoms with Gasteiger partial charge in [0, 0.05) is 0 Å². The average Bonchev–Trinajstić information content (AvgIpc) is 3.36. The van der Waals surface area contributed by atoms with E-state index in [9.17, 15) is 9.60 Å². The summed E-state index contributed by atoms with van der Waals surface area (Å²) < 4.78 is 154. The minimum absolute atomic E-state index is 0.0160. The van der Waals surface area contributed by atoms with Crippen molar-refractivity contribution >= 4 is 75.4 Å². The molecule has 0 aliphatic rings. The Labute approximate surface area is 336 Å². The summed E-state index contributed by atoms with van der Waals surface area (Å²) in [5.41, 5.74) is 3.73. The first-order valence-corrected chi connectivity index (χ1v) is 17.5. The molecule has 0 saturated heterocycles. The van der Waals surface area contributed by atoms with Gasteiger partial charge >= 0.3 is 0 Å². The highest BCUT2D eigenvalue weighted by atomic mass is 14.2. The average molecular weight is 698 g/mol. The molecule has 0 aromatic heterocycles. The van der Waals surface area contributed by atoms with Crippen LogP contribution in [0.25, 0.3) is 120 Å². The SMILES string of the molecule is [2H]c1c(-c2cc(-c3ccc(-c4c([2H])c([2H])c5c([2H])c([2H])c6c([2H])c([2H])c([2H])c7c([2H])c([2H])c4c5c67)c(-c4ccccc4)c3)cc3ccccc23)c2cc([2H])c3c([2H])c([2H])c([2H])c4c([2H])c([2H])c(c1[2H])c2c34. The zero-order chi connectivity index (χ0) is 50.1. The summed E-state index contributed by atoms with van der Waals surface area (Å²) in [6.07, 6.45) is 0. The maximum atomic E-state index is 9.59. The van der Waals surface area contributed by atoms with Gasteiger partial charge in [-0.2, -0.15) is 0 Å². The van der Waals surface area contributed by atoms with Gasteiger partial charge in [-0.05, 0) is 138 Å². The number of hydrogen-bond donors (Lipinski definition) is 0. The van der Waals surface area contributed by atoms with Gasteiger partial charge in [0.05, 0.1) is 23.3 Å². The van der Waals surface area contributed by atoms with E-state index in [2.05, 4.69) is 0 Å². The van der Waals surface area contributed by atoms with Gasteiger partial charge in [0.2, 0.25) is 0 Å². The fourth-order valence-electron chi connectivity index (χ4n) is 8.10. The molecular weight excluding hydrogens is 649 g/mol. The monoisotopic (exact) mass is 697 g/mol. The van der Waals surface area contributed by atoms with Crippen molar-refractivity contribution in [3.8, 4) is 44.5 Å². The van der Waals surface area contributed by atoms with Gasteiger partial charge in [0.25, 0.3) is 0 Å². The molecule has 0 radical (unpaired) electrons. The van der Waals surface area contributed by atoms with E-state index in [1.165, 1.54) is 6.07 Å². The van der Waals surface area contributed by atoms with Crippen LogP contribution in [0, 0.1) is 0 Å². The van der Waals surface area contributed by atoms with E-state index in [-0.39, 0.29) is 101 Å². The molecule has 12 rings (SSSR count). The van der Waals surface area contributed by atoms with E-state index in [0.29, 0.717) is 44.2 Å². The van der Waals surface area contributed by atoms with Gasteiger partial charge in [-0.3, -0.25) is 0 Å². The predicted octanol–water partition coefficient (Wildman–Crippen LogP) is 15.3. The molecule has 12 aromatic carbocycles. The van der Waals surface area contributed by atoms with Crippen LogP contribution in [0.3, 0.4) is 0 Å². The summed E-state index contributed by atoms with van der Waals surface area (Å²) in [7, 11) is 0. The second-order valence-electron chi connectivity index (χ2n) is 13.4. The number of benzene rings is 12. The number of hydrogen-bond acceptors (Lipinski definition) is 0. The van der Waals surface area contributed by atoms with E-state index >= 15 is 0 Å².